The topological polar surface area (TPSA) is 111 Å². The summed E-state index contributed by atoms with van der Waals surface area (Å²) in [5, 5.41) is 1.08. The first-order valence-electron chi connectivity index (χ1n) is 10.5. The van der Waals surface area contributed by atoms with Crippen LogP contribution in [0.4, 0.5) is 5.95 Å². The molecule has 0 aliphatic carbocycles. The predicted molar refractivity (Wildman–Crippen MR) is 125 cm³/mol. The summed E-state index contributed by atoms with van der Waals surface area (Å²) in [5.41, 5.74) is 2.88. The van der Waals surface area contributed by atoms with E-state index in [1.54, 1.807) is 6.33 Å². The molecule has 1 aliphatic rings. The number of aromatic nitrogens is 6. The molecule has 3 aromatic heterocycles. The average Bonchev–Trinajstić information content (AvgIpc) is 3.54. The van der Waals surface area contributed by atoms with E-state index in [9.17, 15) is 0 Å². The van der Waals surface area contributed by atoms with Gasteiger partial charge in [0.1, 0.15) is 6.33 Å². The monoisotopic (exact) mass is 447 g/mol. The molecule has 0 unspecified atom stereocenters. The summed E-state index contributed by atoms with van der Waals surface area (Å²) >= 11 is 0. The van der Waals surface area contributed by atoms with E-state index >= 15 is 0 Å². The fourth-order valence-corrected chi connectivity index (χ4v) is 3.48. The second-order valence-corrected chi connectivity index (χ2v) is 7.14. The van der Waals surface area contributed by atoms with E-state index in [1.807, 2.05) is 60.3 Å². The summed E-state index contributed by atoms with van der Waals surface area (Å²) in [4.78, 5) is 33.1. The largest absolute Gasteiger partial charge is 0.471 e. The Balaban J connectivity index is 0.000000601. The van der Waals surface area contributed by atoms with Crippen LogP contribution in [0.15, 0.2) is 49.1 Å². The number of carbonyl (C=O) groups excluding carboxylic acids is 1. The second kappa shape index (κ2) is 10.5. The molecule has 0 amide bonds. The van der Waals surface area contributed by atoms with E-state index in [0.717, 1.165) is 35.2 Å². The number of anilines is 1. The Labute approximate surface area is 190 Å². The number of hydrogen-bond acceptors (Lipinski definition) is 8. The number of nitrogens with one attached hydrogen (secondary N) is 1. The minimum atomic E-state index is 0.375. The Morgan fingerprint density at radius 2 is 1.91 bits per heavy atom. The van der Waals surface area contributed by atoms with E-state index in [-0.39, 0.29) is 0 Å². The molecule has 1 N–H and O–H groups in total. The molecule has 10 heteroatoms. The number of H-pyrrole nitrogens is 1. The highest BCUT2D eigenvalue weighted by atomic mass is 16.5. The summed E-state index contributed by atoms with van der Waals surface area (Å²) in [6.07, 6.45) is 9.48. The summed E-state index contributed by atoms with van der Waals surface area (Å²) < 4.78 is 11.2. The number of nitrogens with zero attached hydrogens (tertiary/aromatic N) is 6. The van der Waals surface area contributed by atoms with Gasteiger partial charge in [-0.25, -0.2) is 4.98 Å². The minimum absolute atomic E-state index is 0.375. The number of benzene rings is 1. The van der Waals surface area contributed by atoms with Crippen LogP contribution >= 0.6 is 0 Å². The van der Waals surface area contributed by atoms with Crippen molar-refractivity contribution in [2.24, 2.45) is 0 Å². The summed E-state index contributed by atoms with van der Waals surface area (Å²) in [6.45, 7) is 5.19. The number of allylic oxidation sites excluding steroid dienone is 1. The fourth-order valence-electron chi connectivity index (χ4n) is 3.48. The first-order valence-corrected chi connectivity index (χ1v) is 10.5. The number of morpholine rings is 1. The van der Waals surface area contributed by atoms with Gasteiger partial charge in [-0.2, -0.15) is 15.0 Å². The zero-order valence-corrected chi connectivity index (χ0v) is 18.5. The minimum Gasteiger partial charge on any atom is -0.471 e. The number of aromatic amines is 1. The molecule has 10 nitrogen and oxygen atoms in total. The molecule has 33 heavy (non-hydrogen) atoms. The Morgan fingerprint density at radius 3 is 2.67 bits per heavy atom. The molecule has 0 radical (unpaired) electrons. The van der Waals surface area contributed by atoms with Gasteiger partial charge in [-0.05, 0) is 25.1 Å². The van der Waals surface area contributed by atoms with E-state index in [0.29, 0.717) is 37.4 Å². The summed E-state index contributed by atoms with van der Waals surface area (Å²) in [5.74, 6) is 1.84. The first kappa shape index (κ1) is 22.2. The van der Waals surface area contributed by atoms with Crippen molar-refractivity contribution in [2.75, 3.05) is 38.3 Å². The van der Waals surface area contributed by atoms with Crippen LogP contribution in [0.25, 0.3) is 34.3 Å². The Kier molecular flexibility index (Phi) is 7.06. The number of ether oxygens (including phenoxy) is 2. The highest BCUT2D eigenvalue weighted by Gasteiger charge is 2.19. The molecular formula is C23H25N7O3. The molecular weight excluding hydrogens is 422 g/mol. The standard InChI is InChI=1S/C21H21N7O.C2H4O2/c1-2-4-15-13-28(14-23-15)21-25-19(17-5-3-6-18-16(17)7-8-22-18)24-20(26-21)27-9-11-29-12-10-27;1-4-2-3/h2-8,13-14,22H,9-12H2,1H3;2H,1H3/b4-2+;. The van der Waals surface area contributed by atoms with Crippen LogP contribution in [0.2, 0.25) is 0 Å². The predicted octanol–water partition coefficient (Wildman–Crippen LogP) is 2.86. The lowest BCUT2D eigenvalue weighted by Crippen LogP contribution is -2.37. The lowest BCUT2D eigenvalue weighted by Gasteiger charge is -2.27. The maximum Gasteiger partial charge on any atom is 0.292 e. The van der Waals surface area contributed by atoms with E-state index in [4.69, 9.17) is 24.5 Å². The highest BCUT2D eigenvalue weighted by Crippen LogP contribution is 2.27. The van der Waals surface area contributed by atoms with Gasteiger partial charge in [0.2, 0.25) is 11.9 Å². The average molecular weight is 447 g/mol. The molecule has 1 saturated heterocycles. The third-order valence-corrected chi connectivity index (χ3v) is 5.01. The van der Waals surface area contributed by atoms with Crippen molar-refractivity contribution in [1.82, 2.24) is 29.5 Å². The number of methoxy groups -OCH3 is 1. The van der Waals surface area contributed by atoms with Crippen LogP contribution in [-0.4, -0.2) is 69.4 Å². The molecule has 0 spiro atoms. The van der Waals surface area contributed by atoms with Crippen molar-refractivity contribution < 1.29 is 14.3 Å². The molecule has 0 atom stereocenters. The number of rotatable bonds is 5. The molecule has 1 aromatic carbocycles. The van der Waals surface area contributed by atoms with Crippen LogP contribution in [0, 0.1) is 0 Å². The van der Waals surface area contributed by atoms with Crippen LogP contribution in [0.3, 0.4) is 0 Å². The number of fused-ring (bicyclic) bond motifs is 1. The smallest absolute Gasteiger partial charge is 0.292 e. The second-order valence-electron chi connectivity index (χ2n) is 7.14. The first-order chi connectivity index (χ1) is 16.2. The van der Waals surface area contributed by atoms with Gasteiger partial charge in [0.15, 0.2) is 5.82 Å². The number of carbonyl (C=O) groups is 1. The molecule has 1 fully saturated rings. The van der Waals surface area contributed by atoms with Gasteiger partial charge in [0.25, 0.3) is 6.47 Å². The van der Waals surface area contributed by atoms with Gasteiger partial charge in [-0.1, -0.05) is 18.2 Å². The van der Waals surface area contributed by atoms with Gasteiger partial charge < -0.3 is 19.4 Å². The molecule has 0 saturated carbocycles. The van der Waals surface area contributed by atoms with Crippen molar-refractivity contribution in [3.05, 3.63) is 54.8 Å². The molecule has 170 valence electrons. The van der Waals surface area contributed by atoms with Crippen molar-refractivity contribution in [3.63, 3.8) is 0 Å². The summed E-state index contributed by atoms with van der Waals surface area (Å²) in [6, 6.07) is 8.14. The SMILES string of the molecule is C/C=C/c1cn(-c2nc(-c3cccc4[nH]ccc34)nc(N3CCOCC3)n2)cn1.COC=O. The molecule has 1 aliphatic heterocycles. The van der Waals surface area contributed by atoms with E-state index in [2.05, 4.69) is 19.6 Å². The molecule has 0 bridgehead atoms. The Morgan fingerprint density at radius 1 is 1.12 bits per heavy atom. The van der Waals surface area contributed by atoms with Crippen LogP contribution < -0.4 is 4.90 Å². The maximum absolute atomic E-state index is 8.95. The van der Waals surface area contributed by atoms with Crippen molar-refractivity contribution >= 4 is 29.4 Å². The fraction of sp³-hybridized carbons (Fsp3) is 0.261. The Bertz CT molecular complexity index is 1240. The number of imidazole rings is 1. The molecule has 4 heterocycles. The van der Waals surface area contributed by atoms with E-state index in [1.165, 1.54) is 7.11 Å². The van der Waals surface area contributed by atoms with Gasteiger partial charge >= 0.3 is 0 Å². The Hall–Kier alpha value is -4.05. The van der Waals surface area contributed by atoms with Crippen LogP contribution in [0.5, 0.6) is 0 Å². The zero-order chi connectivity index (χ0) is 23.0. The van der Waals surface area contributed by atoms with E-state index < -0.39 is 0 Å². The van der Waals surface area contributed by atoms with Gasteiger partial charge in [-0.15, -0.1) is 0 Å². The third-order valence-electron chi connectivity index (χ3n) is 5.01. The maximum atomic E-state index is 8.95. The van der Waals surface area contributed by atoms with Crippen molar-refractivity contribution in [2.45, 2.75) is 6.92 Å². The normalized spacial score (nSPS) is 13.7. The van der Waals surface area contributed by atoms with Gasteiger partial charge in [-0.3, -0.25) is 9.36 Å². The van der Waals surface area contributed by atoms with Crippen LogP contribution in [-0.2, 0) is 14.3 Å². The lowest BCUT2D eigenvalue weighted by atomic mass is 10.1. The quantitative estimate of drug-likeness (QED) is 0.465. The van der Waals surface area contributed by atoms with Gasteiger partial charge in [0.05, 0.1) is 26.0 Å². The summed E-state index contributed by atoms with van der Waals surface area (Å²) in [7, 11) is 1.31. The van der Waals surface area contributed by atoms with Crippen molar-refractivity contribution in [1.29, 1.82) is 0 Å². The highest BCUT2D eigenvalue weighted by molar-refractivity contribution is 5.93. The lowest BCUT2D eigenvalue weighted by molar-refractivity contribution is -0.126. The zero-order valence-electron chi connectivity index (χ0n) is 18.5. The third kappa shape index (κ3) is 5.07. The van der Waals surface area contributed by atoms with Gasteiger partial charge in [0, 0.05) is 41.9 Å². The van der Waals surface area contributed by atoms with Crippen molar-refractivity contribution in [3.8, 4) is 17.3 Å². The molecule has 5 rings (SSSR count). The van der Waals surface area contributed by atoms with Crippen LogP contribution in [0.1, 0.15) is 12.6 Å². The number of hydrogen-bond donors (Lipinski definition) is 1. The molecule has 4 aromatic rings.